The average Bonchev–Trinajstić information content (AvgIpc) is 2.41. The van der Waals surface area contributed by atoms with Gasteiger partial charge in [-0.05, 0) is 35.6 Å². The number of hydrogen-bond acceptors (Lipinski definition) is 2. The second-order valence-corrected chi connectivity index (χ2v) is 4.37. The van der Waals surface area contributed by atoms with Crippen LogP contribution in [0.3, 0.4) is 0 Å². The Morgan fingerprint density at radius 3 is 2.33 bits per heavy atom. The predicted octanol–water partition coefficient (Wildman–Crippen LogP) is 3.89. The monoisotopic (exact) mass is 242 g/mol. The lowest BCUT2D eigenvalue weighted by molar-refractivity contribution is 0.405. The van der Waals surface area contributed by atoms with E-state index < -0.39 is 0 Å². The van der Waals surface area contributed by atoms with Gasteiger partial charge in [-0.2, -0.15) is 0 Å². The lowest BCUT2D eigenvalue weighted by atomic mass is 9.94. The molecule has 0 radical (unpaired) electrons. The SMILES string of the molecule is CCc1ccc(CC)c(-c2cccc(O)c2O)c1. The molecule has 0 atom stereocenters. The maximum atomic E-state index is 9.98. The Hall–Kier alpha value is -1.96. The zero-order valence-electron chi connectivity index (χ0n) is 10.8. The van der Waals surface area contributed by atoms with Crippen LogP contribution in [-0.4, -0.2) is 10.2 Å². The minimum Gasteiger partial charge on any atom is -0.504 e. The number of aromatic hydroxyl groups is 2. The van der Waals surface area contributed by atoms with E-state index >= 15 is 0 Å². The van der Waals surface area contributed by atoms with Gasteiger partial charge in [0.15, 0.2) is 11.5 Å². The van der Waals surface area contributed by atoms with Crippen LogP contribution in [0, 0.1) is 0 Å². The van der Waals surface area contributed by atoms with E-state index in [0.717, 1.165) is 18.4 Å². The van der Waals surface area contributed by atoms with Crippen molar-refractivity contribution >= 4 is 0 Å². The molecule has 2 nitrogen and oxygen atoms in total. The number of rotatable bonds is 3. The first-order valence-corrected chi connectivity index (χ1v) is 6.30. The van der Waals surface area contributed by atoms with Gasteiger partial charge >= 0.3 is 0 Å². The third-order valence-corrected chi connectivity index (χ3v) is 3.27. The molecule has 0 spiro atoms. The molecule has 0 aliphatic heterocycles. The van der Waals surface area contributed by atoms with E-state index in [-0.39, 0.29) is 11.5 Å². The molecule has 0 aliphatic rings. The van der Waals surface area contributed by atoms with Crippen molar-refractivity contribution in [1.29, 1.82) is 0 Å². The Morgan fingerprint density at radius 1 is 0.889 bits per heavy atom. The summed E-state index contributed by atoms with van der Waals surface area (Å²) in [6.45, 7) is 4.19. The summed E-state index contributed by atoms with van der Waals surface area (Å²) in [5, 5.41) is 19.6. The number of phenols is 2. The average molecular weight is 242 g/mol. The Bertz CT molecular complexity index is 559. The summed E-state index contributed by atoms with van der Waals surface area (Å²) in [5.74, 6) is -0.114. The molecule has 0 aliphatic carbocycles. The van der Waals surface area contributed by atoms with Gasteiger partial charge in [0.1, 0.15) is 0 Å². The van der Waals surface area contributed by atoms with Crippen LogP contribution in [0.4, 0.5) is 0 Å². The molecule has 2 heteroatoms. The van der Waals surface area contributed by atoms with Crippen molar-refractivity contribution in [3.63, 3.8) is 0 Å². The normalized spacial score (nSPS) is 10.6. The van der Waals surface area contributed by atoms with Crippen LogP contribution in [-0.2, 0) is 12.8 Å². The van der Waals surface area contributed by atoms with E-state index in [0.29, 0.717) is 5.56 Å². The third-order valence-electron chi connectivity index (χ3n) is 3.27. The van der Waals surface area contributed by atoms with Crippen molar-refractivity contribution in [2.45, 2.75) is 26.7 Å². The maximum Gasteiger partial charge on any atom is 0.165 e. The summed E-state index contributed by atoms with van der Waals surface area (Å²) in [6, 6.07) is 11.4. The molecule has 18 heavy (non-hydrogen) atoms. The van der Waals surface area contributed by atoms with Crippen LogP contribution in [0.1, 0.15) is 25.0 Å². The molecule has 0 saturated heterocycles. The van der Waals surface area contributed by atoms with Gasteiger partial charge in [-0.15, -0.1) is 0 Å². The molecular weight excluding hydrogens is 224 g/mol. The quantitative estimate of drug-likeness (QED) is 0.802. The fourth-order valence-electron chi connectivity index (χ4n) is 2.15. The van der Waals surface area contributed by atoms with Gasteiger partial charge in [-0.1, -0.05) is 44.2 Å². The maximum absolute atomic E-state index is 9.98. The van der Waals surface area contributed by atoms with Crippen molar-refractivity contribution in [3.8, 4) is 22.6 Å². The first kappa shape index (κ1) is 12.5. The Balaban J connectivity index is 2.64. The Morgan fingerprint density at radius 2 is 1.67 bits per heavy atom. The summed E-state index contributed by atoms with van der Waals surface area (Å²) in [7, 11) is 0. The highest BCUT2D eigenvalue weighted by molar-refractivity contribution is 5.76. The molecule has 0 aromatic heterocycles. The van der Waals surface area contributed by atoms with Gasteiger partial charge in [0.05, 0.1) is 0 Å². The minimum absolute atomic E-state index is 0.0412. The smallest absolute Gasteiger partial charge is 0.165 e. The second-order valence-electron chi connectivity index (χ2n) is 4.37. The lowest BCUT2D eigenvalue weighted by Crippen LogP contribution is -1.91. The van der Waals surface area contributed by atoms with E-state index in [1.165, 1.54) is 17.2 Å². The molecule has 2 aromatic rings. The second kappa shape index (κ2) is 5.13. The first-order valence-electron chi connectivity index (χ1n) is 6.30. The summed E-state index contributed by atoms with van der Waals surface area (Å²) >= 11 is 0. The van der Waals surface area contributed by atoms with E-state index in [9.17, 15) is 10.2 Å². The summed E-state index contributed by atoms with van der Waals surface area (Å²) < 4.78 is 0. The molecule has 0 saturated carbocycles. The number of benzene rings is 2. The highest BCUT2D eigenvalue weighted by atomic mass is 16.3. The first-order chi connectivity index (χ1) is 8.67. The van der Waals surface area contributed by atoms with E-state index in [2.05, 4.69) is 32.0 Å². The van der Waals surface area contributed by atoms with E-state index in [1.807, 2.05) is 6.07 Å². The van der Waals surface area contributed by atoms with Gasteiger partial charge in [-0.25, -0.2) is 0 Å². The van der Waals surface area contributed by atoms with Crippen LogP contribution >= 0.6 is 0 Å². The van der Waals surface area contributed by atoms with E-state index in [1.54, 1.807) is 6.07 Å². The zero-order chi connectivity index (χ0) is 13.1. The van der Waals surface area contributed by atoms with Gasteiger partial charge in [-0.3, -0.25) is 0 Å². The number of para-hydroxylation sites is 1. The molecule has 0 bridgehead atoms. The molecule has 0 heterocycles. The molecule has 2 aromatic carbocycles. The Labute approximate surface area is 108 Å². The molecule has 0 amide bonds. The summed E-state index contributed by atoms with van der Waals surface area (Å²) in [4.78, 5) is 0. The van der Waals surface area contributed by atoms with Gasteiger partial charge in [0.25, 0.3) is 0 Å². The molecule has 0 fully saturated rings. The molecular formula is C16H18O2. The number of aryl methyl sites for hydroxylation is 2. The highest BCUT2D eigenvalue weighted by Crippen LogP contribution is 2.38. The van der Waals surface area contributed by atoms with Gasteiger partial charge < -0.3 is 10.2 Å². The third kappa shape index (κ3) is 2.19. The number of hydrogen-bond donors (Lipinski definition) is 2. The van der Waals surface area contributed by atoms with Crippen LogP contribution < -0.4 is 0 Å². The van der Waals surface area contributed by atoms with Gasteiger partial charge in [0, 0.05) is 5.56 Å². The fraction of sp³-hybridized carbons (Fsp3) is 0.250. The van der Waals surface area contributed by atoms with Crippen molar-refractivity contribution in [3.05, 3.63) is 47.5 Å². The fourth-order valence-corrected chi connectivity index (χ4v) is 2.15. The van der Waals surface area contributed by atoms with Crippen molar-refractivity contribution in [2.24, 2.45) is 0 Å². The molecule has 94 valence electrons. The molecule has 2 N–H and O–H groups in total. The largest absolute Gasteiger partial charge is 0.504 e. The van der Waals surface area contributed by atoms with Crippen molar-refractivity contribution in [1.82, 2.24) is 0 Å². The summed E-state index contributed by atoms with van der Waals surface area (Å²) in [5.41, 5.74) is 4.10. The van der Waals surface area contributed by atoms with E-state index in [4.69, 9.17) is 0 Å². The molecule has 2 rings (SSSR count). The standard InChI is InChI=1S/C16H18O2/c1-3-11-8-9-12(4-2)14(10-11)13-6-5-7-15(17)16(13)18/h5-10,17-18H,3-4H2,1-2H3. The highest BCUT2D eigenvalue weighted by Gasteiger charge is 2.11. The van der Waals surface area contributed by atoms with Crippen LogP contribution in [0.5, 0.6) is 11.5 Å². The van der Waals surface area contributed by atoms with Crippen LogP contribution in [0.25, 0.3) is 11.1 Å². The van der Waals surface area contributed by atoms with Gasteiger partial charge in [0.2, 0.25) is 0 Å². The summed E-state index contributed by atoms with van der Waals surface area (Å²) in [6.07, 6.45) is 1.85. The van der Waals surface area contributed by atoms with Crippen LogP contribution in [0.2, 0.25) is 0 Å². The lowest BCUT2D eigenvalue weighted by Gasteiger charge is -2.12. The minimum atomic E-state index is -0.0727. The topological polar surface area (TPSA) is 40.5 Å². The molecule has 0 unspecified atom stereocenters. The van der Waals surface area contributed by atoms with Crippen molar-refractivity contribution in [2.75, 3.05) is 0 Å². The predicted molar refractivity (Wildman–Crippen MR) is 74.0 cm³/mol. The Kier molecular flexibility index (Phi) is 3.56. The van der Waals surface area contributed by atoms with Crippen molar-refractivity contribution < 1.29 is 10.2 Å². The van der Waals surface area contributed by atoms with Crippen LogP contribution in [0.15, 0.2) is 36.4 Å². The number of phenolic OH excluding ortho intramolecular Hbond substituents is 2. The zero-order valence-corrected chi connectivity index (χ0v) is 10.8.